The van der Waals surface area contributed by atoms with Gasteiger partial charge in [-0.2, -0.15) is 5.10 Å². The van der Waals surface area contributed by atoms with Crippen molar-refractivity contribution in [3.8, 4) is 0 Å². The van der Waals surface area contributed by atoms with Gasteiger partial charge < -0.3 is 0 Å². The third kappa shape index (κ3) is 3.82. The minimum Gasteiger partial charge on any atom is -0.270 e. The Bertz CT molecular complexity index is 706. The molecule has 6 heteroatoms. The molecule has 0 spiro atoms. The van der Waals surface area contributed by atoms with Gasteiger partial charge in [-0.05, 0) is 30.4 Å². The van der Waals surface area contributed by atoms with E-state index in [0.717, 1.165) is 18.4 Å². The Morgan fingerprint density at radius 3 is 2.48 bits per heavy atom. The Kier molecular flexibility index (Phi) is 4.82. The number of nitrogens with zero attached hydrogens (tertiary/aromatic N) is 3. The van der Waals surface area contributed by atoms with Crippen LogP contribution in [0.2, 0.25) is 0 Å². The lowest BCUT2D eigenvalue weighted by Gasteiger charge is -2.32. The summed E-state index contributed by atoms with van der Waals surface area (Å²) in [4.78, 5) is 0. The molecule has 0 amide bonds. The highest BCUT2D eigenvalue weighted by atomic mass is 32.2. The van der Waals surface area contributed by atoms with Crippen LogP contribution in [0.3, 0.4) is 0 Å². The molecule has 1 atom stereocenters. The Labute approximate surface area is 138 Å². The summed E-state index contributed by atoms with van der Waals surface area (Å²) >= 11 is 0. The van der Waals surface area contributed by atoms with Crippen LogP contribution in [0.4, 0.5) is 0 Å². The van der Waals surface area contributed by atoms with Gasteiger partial charge in [0.1, 0.15) is 0 Å². The van der Waals surface area contributed by atoms with Crippen molar-refractivity contribution < 1.29 is 8.42 Å². The Morgan fingerprint density at radius 2 is 1.87 bits per heavy atom. The molecule has 0 saturated carbocycles. The normalized spacial score (nSPS) is 18.8. The summed E-state index contributed by atoms with van der Waals surface area (Å²) in [5.41, 5.74) is 1.07. The van der Waals surface area contributed by atoms with Crippen LogP contribution in [0.25, 0.3) is 0 Å². The first-order valence-corrected chi connectivity index (χ1v) is 9.69. The van der Waals surface area contributed by atoms with Crippen molar-refractivity contribution in [2.45, 2.75) is 31.7 Å². The van der Waals surface area contributed by atoms with Crippen LogP contribution in [0.15, 0.2) is 48.8 Å². The summed E-state index contributed by atoms with van der Waals surface area (Å²) in [6, 6.07) is 12.1. The number of piperidine rings is 1. The van der Waals surface area contributed by atoms with Crippen LogP contribution in [0.1, 0.15) is 37.3 Å². The first-order chi connectivity index (χ1) is 11.1. The van der Waals surface area contributed by atoms with Crippen LogP contribution in [0.5, 0.6) is 0 Å². The molecule has 0 N–H and O–H groups in total. The molecule has 1 aliphatic rings. The zero-order chi connectivity index (χ0) is 16.3. The van der Waals surface area contributed by atoms with E-state index in [0.29, 0.717) is 19.1 Å². The molecule has 0 radical (unpaired) electrons. The van der Waals surface area contributed by atoms with Crippen LogP contribution in [0, 0.1) is 0 Å². The standard InChI is InChI=1S/C17H23N3O2S/c1-15(16-6-3-2-4-7-16)14-23(21,22)19-12-8-17(9-13-19)20-11-5-10-18-20/h2-7,10-11,15,17H,8-9,12-14H2,1H3/t15-/m0/s1. The van der Waals surface area contributed by atoms with Crippen LogP contribution < -0.4 is 0 Å². The summed E-state index contributed by atoms with van der Waals surface area (Å²) < 4.78 is 28.9. The van der Waals surface area contributed by atoms with Gasteiger partial charge in [0.05, 0.1) is 11.8 Å². The quantitative estimate of drug-likeness (QED) is 0.845. The average Bonchev–Trinajstić information content (AvgIpc) is 3.10. The van der Waals surface area contributed by atoms with E-state index in [4.69, 9.17) is 0 Å². The van der Waals surface area contributed by atoms with Crippen LogP contribution in [-0.4, -0.2) is 41.3 Å². The molecular formula is C17H23N3O2S. The molecule has 3 rings (SSSR count). The average molecular weight is 333 g/mol. The molecule has 1 fully saturated rings. The van der Waals surface area contributed by atoms with Crippen molar-refractivity contribution in [2.75, 3.05) is 18.8 Å². The van der Waals surface area contributed by atoms with Gasteiger partial charge in [0, 0.05) is 25.5 Å². The highest BCUT2D eigenvalue weighted by Crippen LogP contribution is 2.25. The highest BCUT2D eigenvalue weighted by molar-refractivity contribution is 7.89. The van der Waals surface area contributed by atoms with E-state index in [9.17, 15) is 8.42 Å². The molecule has 1 saturated heterocycles. The van der Waals surface area contributed by atoms with E-state index < -0.39 is 10.0 Å². The van der Waals surface area contributed by atoms with Crippen molar-refractivity contribution in [3.05, 3.63) is 54.4 Å². The Balaban J connectivity index is 1.60. The van der Waals surface area contributed by atoms with E-state index in [1.807, 2.05) is 54.2 Å². The van der Waals surface area contributed by atoms with Crippen molar-refractivity contribution in [1.29, 1.82) is 0 Å². The fourth-order valence-corrected chi connectivity index (χ4v) is 4.98. The van der Waals surface area contributed by atoms with Gasteiger partial charge in [-0.15, -0.1) is 0 Å². The predicted molar refractivity (Wildman–Crippen MR) is 90.7 cm³/mol. The number of rotatable bonds is 5. The lowest BCUT2D eigenvalue weighted by molar-refractivity contribution is 0.261. The largest absolute Gasteiger partial charge is 0.270 e. The van der Waals surface area contributed by atoms with Gasteiger partial charge >= 0.3 is 0 Å². The van der Waals surface area contributed by atoms with Crippen LogP contribution in [-0.2, 0) is 10.0 Å². The van der Waals surface area contributed by atoms with E-state index in [1.165, 1.54) is 0 Å². The minimum atomic E-state index is -3.22. The first kappa shape index (κ1) is 16.2. The van der Waals surface area contributed by atoms with Crippen molar-refractivity contribution >= 4 is 10.0 Å². The Hall–Kier alpha value is -1.66. The lowest BCUT2D eigenvalue weighted by atomic mass is 10.0. The van der Waals surface area contributed by atoms with Gasteiger partial charge in [0.25, 0.3) is 0 Å². The number of benzene rings is 1. The van der Waals surface area contributed by atoms with Gasteiger partial charge in [-0.1, -0.05) is 37.3 Å². The van der Waals surface area contributed by atoms with Gasteiger partial charge in [-0.3, -0.25) is 4.68 Å². The summed E-state index contributed by atoms with van der Waals surface area (Å²) in [6.07, 6.45) is 5.36. The first-order valence-electron chi connectivity index (χ1n) is 8.08. The molecule has 23 heavy (non-hydrogen) atoms. The second kappa shape index (κ2) is 6.84. The number of sulfonamides is 1. The molecule has 0 aliphatic carbocycles. The molecule has 1 aliphatic heterocycles. The van der Waals surface area contributed by atoms with E-state index >= 15 is 0 Å². The molecule has 1 aromatic heterocycles. The zero-order valence-corrected chi connectivity index (χ0v) is 14.2. The molecule has 2 heterocycles. The number of hydrogen-bond acceptors (Lipinski definition) is 3. The van der Waals surface area contributed by atoms with Crippen molar-refractivity contribution in [3.63, 3.8) is 0 Å². The van der Waals surface area contributed by atoms with E-state index in [2.05, 4.69) is 5.10 Å². The summed E-state index contributed by atoms with van der Waals surface area (Å²) in [5, 5.41) is 4.26. The molecule has 2 aromatic rings. The fourth-order valence-electron chi connectivity index (χ4n) is 3.18. The van der Waals surface area contributed by atoms with E-state index in [1.54, 1.807) is 10.5 Å². The summed E-state index contributed by atoms with van der Waals surface area (Å²) in [6.45, 7) is 3.13. The zero-order valence-electron chi connectivity index (χ0n) is 13.4. The molecule has 0 bridgehead atoms. The maximum absolute atomic E-state index is 12.7. The van der Waals surface area contributed by atoms with Gasteiger partial charge in [0.2, 0.25) is 10.0 Å². The third-order valence-electron chi connectivity index (χ3n) is 4.55. The Morgan fingerprint density at radius 1 is 1.17 bits per heavy atom. The predicted octanol–water partition coefficient (Wildman–Crippen LogP) is 2.65. The maximum Gasteiger partial charge on any atom is 0.214 e. The minimum absolute atomic E-state index is 0.00467. The van der Waals surface area contributed by atoms with Gasteiger partial charge in [-0.25, -0.2) is 12.7 Å². The smallest absolute Gasteiger partial charge is 0.214 e. The molecule has 124 valence electrons. The summed E-state index contributed by atoms with van der Waals surface area (Å²) in [5.74, 6) is 0.175. The number of aromatic nitrogens is 2. The second-order valence-electron chi connectivity index (χ2n) is 6.21. The van der Waals surface area contributed by atoms with E-state index in [-0.39, 0.29) is 11.7 Å². The molecule has 1 aromatic carbocycles. The maximum atomic E-state index is 12.7. The molecule has 5 nitrogen and oxygen atoms in total. The SMILES string of the molecule is C[C@@H](CS(=O)(=O)N1CCC(n2cccn2)CC1)c1ccccc1. The van der Waals surface area contributed by atoms with Crippen molar-refractivity contribution in [1.82, 2.24) is 14.1 Å². The monoisotopic (exact) mass is 333 g/mol. The van der Waals surface area contributed by atoms with Gasteiger partial charge in [0.15, 0.2) is 0 Å². The topological polar surface area (TPSA) is 55.2 Å². The number of hydrogen-bond donors (Lipinski definition) is 0. The molecule has 0 unspecified atom stereocenters. The third-order valence-corrected chi connectivity index (χ3v) is 6.62. The molecular weight excluding hydrogens is 310 g/mol. The highest BCUT2D eigenvalue weighted by Gasteiger charge is 2.30. The lowest BCUT2D eigenvalue weighted by Crippen LogP contribution is -2.41. The van der Waals surface area contributed by atoms with Crippen molar-refractivity contribution in [2.24, 2.45) is 0 Å². The fraction of sp³-hybridized carbons (Fsp3) is 0.471. The van der Waals surface area contributed by atoms with Crippen LogP contribution >= 0.6 is 0 Å². The second-order valence-corrected chi connectivity index (χ2v) is 8.22. The summed E-state index contributed by atoms with van der Waals surface area (Å²) in [7, 11) is -3.22.